The molecule has 96 valence electrons. The fourth-order valence-electron chi connectivity index (χ4n) is 2.75. The maximum absolute atomic E-state index is 4.32. The summed E-state index contributed by atoms with van der Waals surface area (Å²) in [6.07, 6.45) is 6.47. The largest absolute Gasteiger partial charge is 0.346 e. The molecule has 2 aromatic rings. The minimum absolute atomic E-state index is 0.616. The van der Waals surface area contributed by atoms with Gasteiger partial charge in [0.1, 0.15) is 5.65 Å². The fourth-order valence-corrected chi connectivity index (χ4v) is 2.75. The monoisotopic (exact) mass is 244 g/mol. The van der Waals surface area contributed by atoms with Crippen LogP contribution in [0.25, 0.3) is 11.0 Å². The standard InChI is InChI=1S/C14H20N4/c1-18-7-3-4-12(10-18)16-8-11-9-17-14-13(11)5-2-6-15-14/h2,5-6,9,12,16H,3-4,7-8,10H2,1H3,(H,15,17). The summed E-state index contributed by atoms with van der Waals surface area (Å²) < 4.78 is 0. The smallest absolute Gasteiger partial charge is 0.137 e. The maximum Gasteiger partial charge on any atom is 0.137 e. The predicted molar refractivity (Wildman–Crippen MR) is 73.5 cm³/mol. The molecule has 1 aliphatic rings. The number of pyridine rings is 1. The van der Waals surface area contributed by atoms with E-state index in [-0.39, 0.29) is 0 Å². The second-order valence-corrected chi connectivity index (χ2v) is 5.20. The number of nitrogens with zero attached hydrogens (tertiary/aromatic N) is 2. The zero-order valence-corrected chi connectivity index (χ0v) is 10.8. The highest BCUT2D eigenvalue weighted by atomic mass is 15.1. The summed E-state index contributed by atoms with van der Waals surface area (Å²) in [5.41, 5.74) is 2.29. The van der Waals surface area contributed by atoms with Crippen molar-refractivity contribution in [1.29, 1.82) is 0 Å². The quantitative estimate of drug-likeness (QED) is 0.864. The van der Waals surface area contributed by atoms with Crippen molar-refractivity contribution in [2.24, 2.45) is 0 Å². The SMILES string of the molecule is CN1CCCC(NCc2c[nH]c3ncccc23)C1. The Morgan fingerprint density at radius 1 is 1.56 bits per heavy atom. The van der Waals surface area contributed by atoms with Crippen molar-refractivity contribution in [1.82, 2.24) is 20.2 Å². The summed E-state index contributed by atoms with van der Waals surface area (Å²) in [4.78, 5) is 9.94. The van der Waals surface area contributed by atoms with E-state index in [1.807, 2.05) is 12.3 Å². The molecule has 0 aromatic carbocycles. The van der Waals surface area contributed by atoms with Gasteiger partial charge in [0.25, 0.3) is 0 Å². The zero-order valence-electron chi connectivity index (χ0n) is 10.8. The molecule has 4 heteroatoms. The highest BCUT2D eigenvalue weighted by molar-refractivity contribution is 5.79. The molecule has 2 aromatic heterocycles. The summed E-state index contributed by atoms with van der Waals surface area (Å²) in [6.45, 7) is 3.31. The Bertz CT molecular complexity index is 519. The number of rotatable bonds is 3. The maximum atomic E-state index is 4.32. The number of fused-ring (bicyclic) bond motifs is 1. The Balaban J connectivity index is 1.66. The van der Waals surface area contributed by atoms with E-state index in [9.17, 15) is 0 Å². The van der Waals surface area contributed by atoms with Crippen LogP contribution in [0.15, 0.2) is 24.5 Å². The van der Waals surface area contributed by atoms with Crippen LogP contribution in [0.2, 0.25) is 0 Å². The van der Waals surface area contributed by atoms with Gasteiger partial charge in [0.05, 0.1) is 0 Å². The highest BCUT2D eigenvalue weighted by Gasteiger charge is 2.16. The van der Waals surface area contributed by atoms with Crippen molar-refractivity contribution >= 4 is 11.0 Å². The molecule has 4 nitrogen and oxygen atoms in total. The summed E-state index contributed by atoms with van der Waals surface area (Å²) in [5.74, 6) is 0. The van der Waals surface area contributed by atoms with Gasteiger partial charge in [0, 0.05) is 36.9 Å². The van der Waals surface area contributed by atoms with Gasteiger partial charge in [-0.3, -0.25) is 0 Å². The van der Waals surface area contributed by atoms with Crippen molar-refractivity contribution in [2.75, 3.05) is 20.1 Å². The molecule has 1 saturated heterocycles. The number of H-pyrrole nitrogens is 1. The Kier molecular flexibility index (Phi) is 3.30. The average molecular weight is 244 g/mol. The summed E-state index contributed by atoms with van der Waals surface area (Å²) in [6, 6.07) is 4.74. The Hall–Kier alpha value is -1.39. The lowest BCUT2D eigenvalue weighted by Gasteiger charge is -2.30. The van der Waals surface area contributed by atoms with Crippen molar-refractivity contribution in [3.8, 4) is 0 Å². The Morgan fingerprint density at radius 2 is 2.50 bits per heavy atom. The van der Waals surface area contributed by atoms with Crippen LogP contribution in [0.5, 0.6) is 0 Å². The molecule has 3 rings (SSSR count). The van der Waals surface area contributed by atoms with E-state index in [4.69, 9.17) is 0 Å². The fraction of sp³-hybridized carbons (Fsp3) is 0.500. The molecular formula is C14H20N4. The topological polar surface area (TPSA) is 44.0 Å². The molecule has 18 heavy (non-hydrogen) atoms. The molecule has 1 aliphatic heterocycles. The molecule has 0 aliphatic carbocycles. The summed E-state index contributed by atoms with van der Waals surface area (Å²) >= 11 is 0. The van der Waals surface area contributed by atoms with Gasteiger partial charge >= 0.3 is 0 Å². The lowest BCUT2D eigenvalue weighted by Crippen LogP contribution is -2.43. The van der Waals surface area contributed by atoms with Gasteiger partial charge < -0.3 is 15.2 Å². The number of hydrogen-bond acceptors (Lipinski definition) is 3. The summed E-state index contributed by atoms with van der Waals surface area (Å²) in [5, 5.41) is 4.89. The van der Waals surface area contributed by atoms with Crippen molar-refractivity contribution in [3.63, 3.8) is 0 Å². The summed E-state index contributed by atoms with van der Waals surface area (Å²) in [7, 11) is 2.20. The van der Waals surface area contributed by atoms with E-state index in [1.54, 1.807) is 0 Å². The lowest BCUT2D eigenvalue weighted by molar-refractivity contribution is 0.226. The van der Waals surface area contributed by atoms with E-state index in [0.717, 1.165) is 18.7 Å². The Morgan fingerprint density at radius 3 is 3.39 bits per heavy atom. The first-order valence-corrected chi connectivity index (χ1v) is 6.66. The first kappa shape index (κ1) is 11.7. The lowest BCUT2D eigenvalue weighted by atomic mass is 10.1. The van der Waals surface area contributed by atoms with Gasteiger partial charge in [-0.1, -0.05) is 0 Å². The van der Waals surface area contributed by atoms with Crippen LogP contribution < -0.4 is 5.32 Å². The minimum Gasteiger partial charge on any atom is -0.346 e. The van der Waals surface area contributed by atoms with Crippen molar-refractivity contribution in [3.05, 3.63) is 30.1 Å². The van der Waals surface area contributed by atoms with Gasteiger partial charge in [-0.05, 0) is 44.1 Å². The normalized spacial score (nSPS) is 21.5. The highest BCUT2D eigenvalue weighted by Crippen LogP contribution is 2.16. The van der Waals surface area contributed by atoms with Crippen LogP contribution in [0.4, 0.5) is 0 Å². The number of piperidine rings is 1. The second kappa shape index (κ2) is 5.08. The van der Waals surface area contributed by atoms with Crippen LogP contribution in [-0.2, 0) is 6.54 Å². The predicted octanol–water partition coefficient (Wildman–Crippen LogP) is 1.75. The van der Waals surface area contributed by atoms with Crippen LogP contribution in [0.1, 0.15) is 18.4 Å². The minimum atomic E-state index is 0.616. The number of likely N-dealkylation sites (N-methyl/N-ethyl adjacent to an activating group) is 1. The third kappa shape index (κ3) is 2.40. The van der Waals surface area contributed by atoms with E-state index in [1.165, 1.54) is 30.3 Å². The van der Waals surface area contributed by atoms with Crippen LogP contribution >= 0.6 is 0 Å². The van der Waals surface area contributed by atoms with Gasteiger partial charge in [0.2, 0.25) is 0 Å². The van der Waals surface area contributed by atoms with E-state index in [2.05, 4.69) is 39.5 Å². The van der Waals surface area contributed by atoms with Gasteiger partial charge in [-0.25, -0.2) is 4.98 Å². The molecule has 1 atom stereocenters. The van der Waals surface area contributed by atoms with E-state index < -0.39 is 0 Å². The number of nitrogens with one attached hydrogen (secondary N) is 2. The van der Waals surface area contributed by atoms with Gasteiger partial charge in [-0.15, -0.1) is 0 Å². The van der Waals surface area contributed by atoms with Crippen molar-refractivity contribution < 1.29 is 0 Å². The first-order valence-electron chi connectivity index (χ1n) is 6.66. The van der Waals surface area contributed by atoms with E-state index >= 15 is 0 Å². The second-order valence-electron chi connectivity index (χ2n) is 5.20. The number of hydrogen-bond donors (Lipinski definition) is 2. The zero-order chi connectivity index (χ0) is 12.4. The molecule has 0 spiro atoms. The molecule has 0 saturated carbocycles. The molecule has 1 unspecified atom stereocenters. The van der Waals surface area contributed by atoms with Crippen LogP contribution in [-0.4, -0.2) is 41.0 Å². The van der Waals surface area contributed by atoms with Crippen LogP contribution in [0.3, 0.4) is 0 Å². The number of likely N-dealkylation sites (tertiary alicyclic amines) is 1. The number of aromatic nitrogens is 2. The molecular weight excluding hydrogens is 224 g/mol. The molecule has 0 amide bonds. The number of aromatic amines is 1. The van der Waals surface area contributed by atoms with Gasteiger partial charge in [0.15, 0.2) is 0 Å². The van der Waals surface area contributed by atoms with E-state index in [0.29, 0.717) is 6.04 Å². The average Bonchev–Trinajstić information content (AvgIpc) is 2.80. The molecule has 0 radical (unpaired) electrons. The third-order valence-corrected chi connectivity index (χ3v) is 3.74. The van der Waals surface area contributed by atoms with Gasteiger partial charge in [-0.2, -0.15) is 0 Å². The molecule has 1 fully saturated rings. The van der Waals surface area contributed by atoms with Crippen molar-refractivity contribution in [2.45, 2.75) is 25.4 Å². The first-order chi connectivity index (χ1) is 8.83. The van der Waals surface area contributed by atoms with Crippen LogP contribution in [0, 0.1) is 0 Å². The third-order valence-electron chi connectivity index (χ3n) is 3.74. The molecule has 0 bridgehead atoms. The molecule has 3 heterocycles. The Labute approximate surface area is 107 Å². The molecule has 2 N–H and O–H groups in total.